The van der Waals surface area contributed by atoms with Gasteiger partial charge in [-0.2, -0.15) is 0 Å². The molecule has 1 aromatic heterocycles. The maximum Gasteiger partial charge on any atom is 0.308 e. The number of hydrogen-bond acceptors (Lipinski definition) is 4. The number of piperidine rings is 1. The molecule has 188 valence electrons. The second-order valence-electron chi connectivity index (χ2n) is 8.96. The Kier molecular flexibility index (Phi) is 8.11. The monoisotopic (exact) mass is 496 g/mol. The van der Waals surface area contributed by atoms with Crippen molar-refractivity contribution in [3.05, 3.63) is 71.4 Å². The van der Waals surface area contributed by atoms with Gasteiger partial charge in [-0.25, -0.2) is 13.2 Å². The summed E-state index contributed by atoms with van der Waals surface area (Å²) in [6.45, 7) is 1.11. The molecule has 1 fully saturated rings. The van der Waals surface area contributed by atoms with Gasteiger partial charge in [-0.3, -0.25) is 14.7 Å². The van der Waals surface area contributed by atoms with Crippen molar-refractivity contribution in [3.63, 3.8) is 0 Å². The SMILES string of the molecule is COc1ccc2nccc([C@H](F)CC[C@@H]3CCN(CC#Cc4cccc(F)c4F)C[C@@H]3C(=O)O)c2c1. The first-order valence-electron chi connectivity index (χ1n) is 11.8. The van der Waals surface area contributed by atoms with Crippen molar-refractivity contribution in [2.45, 2.75) is 25.4 Å². The third-order valence-electron chi connectivity index (χ3n) is 6.75. The molecule has 8 heteroatoms. The van der Waals surface area contributed by atoms with Crippen LogP contribution in [0.4, 0.5) is 13.2 Å². The van der Waals surface area contributed by atoms with E-state index < -0.39 is 29.7 Å². The van der Waals surface area contributed by atoms with Gasteiger partial charge in [0.1, 0.15) is 11.9 Å². The summed E-state index contributed by atoms with van der Waals surface area (Å²) in [7, 11) is 1.55. The molecule has 2 heterocycles. The normalized spacial score (nSPS) is 18.9. The molecule has 1 aliphatic rings. The number of fused-ring (bicyclic) bond motifs is 1. The largest absolute Gasteiger partial charge is 0.497 e. The average Bonchev–Trinajstić information content (AvgIpc) is 2.89. The number of nitrogens with zero attached hydrogens (tertiary/aromatic N) is 2. The minimum absolute atomic E-state index is 0.0325. The van der Waals surface area contributed by atoms with E-state index in [0.29, 0.717) is 41.6 Å². The van der Waals surface area contributed by atoms with Gasteiger partial charge in [-0.15, -0.1) is 0 Å². The Morgan fingerprint density at radius 1 is 1.28 bits per heavy atom. The number of ether oxygens (including phenoxy) is 1. The van der Waals surface area contributed by atoms with Crippen molar-refractivity contribution in [2.24, 2.45) is 11.8 Å². The molecule has 0 aliphatic carbocycles. The van der Waals surface area contributed by atoms with Crippen LogP contribution in [0.3, 0.4) is 0 Å². The molecule has 1 N–H and O–H groups in total. The van der Waals surface area contributed by atoms with Crippen molar-refractivity contribution in [3.8, 4) is 17.6 Å². The van der Waals surface area contributed by atoms with Crippen LogP contribution in [0.5, 0.6) is 5.75 Å². The Morgan fingerprint density at radius 2 is 2.11 bits per heavy atom. The van der Waals surface area contributed by atoms with Gasteiger partial charge in [0.25, 0.3) is 0 Å². The number of hydrogen-bond donors (Lipinski definition) is 1. The van der Waals surface area contributed by atoms with E-state index in [0.717, 1.165) is 6.07 Å². The summed E-state index contributed by atoms with van der Waals surface area (Å²) in [6.07, 6.45) is 1.53. The third-order valence-corrected chi connectivity index (χ3v) is 6.75. The molecule has 3 atom stereocenters. The summed E-state index contributed by atoms with van der Waals surface area (Å²) in [6, 6.07) is 10.8. The molecule has 0 bridgehead atoms. The summed E-state index contributed by atoms with van der Waals surface area (Å²) < 4.78 is 47.7. The average molecular weight is 497 g/mol. The number of aromatic nitrogens is 1. The van der Waals surface area contributed by atoms with Crippen LogP contribution in [0.15, 0.2) is 48.7 Å². The number of carbonyl (C=O) groups is 1. The van der Waals surface area contributed by atoms with Crippen LogP contribution < -0.4 is 4.74 Å². The molecule has 0 saturated carbocycles. The maximum absolute atomic E-state index is 15.3. The molecule has 1 saturated heterocycles. The molecular weight excluding hydrogens is 469 g/mol. The fourth-order valence-electron chi connectivity index (χ4n) is 4.75. The van der Waals surface area contributed by atoms with Gasteiger partial charge in [-0.1, -0.05) is 17.9 Å². The molecule has 4 rings (SSSR count). The molecule has 0 spiro atoms. The fourth-order valence-corrected chi connectivity index (χ4v) is 4.75. The zero-order valence-corrected chi connectivity index (χ0v) is 19.9. The number of carboxylic acids is 1. The number of methoxy groups -OCH3 is 1. The predicted octanol–water partition coefficient (Wildman–Crippen LogP) is 5.39. The smallest absolute Gasteiger partial charge is 0.308 e. The van der Waals surface area contributed by atoms with E-state index in [1.165, 1.54) is 12.1 Å². The van der Waals surface area contributed by atoms with E-state index in [1.807, 2.05) is 4.90 Å². The summed E-state index contributed by atoms with van der Waals surface area (Å²) in [4.78, 5) is 18.2. The zero-order valence-electron chi connectivity index (χ0n) is 19.9. The van der Waals surface area contributed by atoms with E-state index in [4.69, 9.17) is 4.74 Å². The molecule has 1 aliphatic heterocycles. The first-order chi connectivity index (χ1) is 17.4. The fraction of sp³-hybridized carbons (Fsp3) is 0.357. The highest BCUT2D eigenvalue weighted by Crippen LogP contribution is 2.35. The lowest BCUT2D eigenvalue weighted by Crippen LogP contribution is -2.44. The zero-order chi connectivity index (χ0) is 25.7. The quantitative estimate of drug-likeness (QED) is 0.445. The number of benzene rings is 2. The van der Waals surface area contributed by atoms with Crippen LogP contribution in [-0.2, 0) is 4.79 Å². The van der Waals surface area contributed by atoms with E-state index in [2.05, 4.69) is 16.8 Å². The van der Waals surface area contributed by atoms with Gasteiger partial charge in [0, 0.05) is 18.1 Å². The second kappa shape index (κ2) is 11.4. The predicted molar refractivity (Wildman–Crippen MR) is 130 cm³/mol. The minimum atomic E-state index is -1.26. The summed E-state index contributed by atoms with van der Waals surface area (Å²) in [5.74, 6) is 2.34. The Hall–Kier alpha value is -3.57. The molecule has 36 heavy (non-hydrogen) atoms. The molecule has 2 aromatic carbocycles. The topological polar surface area (TPSA) is 62.7 Å². The minimum Gasteiger partial charge on any atom is -0.497 e. The van der Waals surface area contributed by atoms with Gasteiger partial charge >= 0.3 is 5.97 Å². The Balaban J connectivity index is 1.38. The molecule has 5 nitrogen and oxygen atoms in total. The Morgan fingerprint density at radius 3 is 2.89 bits per heavy atom. The van der Waals surface area contributed by atoms with Crippen LogP contribution >= 0.6 is 0 Å². The number of aliphatic carboxylic acids is 1. The number of likely N-dealkylation sites (tertiary alicyclic amines) is 1. The lowest BCUT2D eigenvalue weighted by atomic mass is 9.81. The summed E-state index contributed by atoms with van der Waals surface area (Å²) >= 11 is 0. The lowest BCUT2D eigenvalue weighted by molar-refractivity contribution is -0.146. The number of halogens is 3. The number of alkyl halides is 1. The maximum atomic E-state index is 15.3. The number of carboxylic acid groups (broad SMARTS) is 1. The highest BCUT2D eigenvalue weighted by atomic mass is 19.2. The van der Waals surface area contributed by atoms with Gasteiger partial charge in [0.2, 0.25) is 0 Å². The summed E-state index contributed by atoms with van der Waals surface area (Å²) in [5, 5.41) is 10.5. The molecular formula is C28H27F3N2O3. The van der Waals surface area contributed by atoms with E-state index >= 15 is 4.39 Å². The Labute approximate surface area is 207 Å². The standard InChI is InChI=1S/C28H27F3N2O3/c1-36-20-8-10-26-22(16-20)21(11-13-32-26)24(29)9-7-18-12-15-33(17-23(18)28(34)35)14-3-5-19-4-2-6-25(30)27(19)31/h2,4,6,8,10-11,13,16,18,23-24H,7,9,12,14-15,17H2,1H3,(H,34,35)/t18-,23+,24-/m1/s1. The van der Waals surface area contributed by atoms with Gasteiger partial charge in [-0.05, 0) is 73.7 Å². The lowest BCUT2D eigenvalue weighted by Gasteiger charge is -2.35. The van der Waals surface area contributed by atoms with E-state index in [-0.39, 0.29) is 31.0 Å². The van der Waals surface area contributed by atoms with E-state index in [9.17, 15) is 18.7 Å². The highest BCUT2D eigenvalue weighted by Gasteiger charge is 2.34. The number of rotatable bonds is 7. The van der Waals surface area contributed by atoms with Gasteiger partial charge in [0.05, 0.1) is 30.7 Å². The first kappa shape index (κ1) is 25.5. The number of pyridine rings is 1. The molecule has 0 unspecified atom stereocenters. The van der Waals surface area contributed by atoms with Crippen LogP contribution in [0.1, 0.15) is 36.6 Å². The second-order valence-corrected chi connectivity index (χ2v) is 8.96. The van der Waals surface area contributed by atoms with Crippen molar-refractivity contribution in [1.29, 1.82) is 0 Å². The van der Waals surface area contributed by atoms with Gasteiger partial charge in [0.15, 0.2) is 11.6 Å². The van der Waals surface area contributed by atoms with E-state index in [1.54, 1.807) is 37.6 Å². The van der Waals surface area contributed by atoms with Crippen LogP contribution in [0, 0.1) is 35.3 Å². The van der Waals surface area contributed by atoms with Crippen LogP contribution in [-0.4, -0.2) is 47.7 Å². The molecule has 0 amide bonds. The molecule has 0 radical (unpaired) electrons. The van der Waals surface area contributed by atoms with Crippen LogP contribution in [0.2, 0.25) is 0 Å². The van der Waals surface area contributed by atoms with Crippen molar-refractivity contribution in [1.82, 2.24) is 9.88 Å². The van der Waals surface area contributed by atoms with Crippen LogP contribution in [0.25, 0.3) is 10.9 Å². The van der Waals surface area contributed by atoms with Crippen molar-refractivity contribution >= 4 is 16.9 Å². The summed E-state index contributed by atoms with van der Waals surface area (Å²) in [5.41, 5.74) is 1.16. The van der Waals surface area contributed by atoms with Gasteiger partial charge < -0.3 is 9.84 Å². The Bertz CT molecular complexity index is 1300. The van der Waals surface area contributed by atoms with Crippen molar-refractivity contribution < 1.29 is 27.8 Å². The van der Waals surface area contributed by atoms with Crippen molar-refractivity contribution in [2.75, 3.05) is 26.7 Å². The first-order valence-corrected chi connectivity index (χ1v) is 11.8. The third kappa shape index (κ3) is 5.80. The highest BCUT2D eigenvalue weighted by molar-refractivity contribution is 5.83. The molecule has 3 aromatic rings.